The second-order valence-corrected chi connectivity index (χ2v) is 17.3. The molecule has 0 bridgehead atoms. The molecule has 304 valence electrons. The summed E-state index contributed by atoms with van der Waals surface area (Å²) in [4.78, 5) is 13.3. The average Bonchev–Trinajstić information content (AvgIpc) is 3.88. The first-order valence-corrected chi connectivity index (χ1v) is 22.4. The Morgan fingerprint density at radius 1 is 0.516 bits per heavy atom. The maximum absolute atomic E-state index is 5.48. The van der Waals surface area contributed by atoms with Gasteiger partial charge in [0, 0.05) is 39.3 Å². The Kier molecular flexibility index (Phi) is 8.48. The number of aliphatic imine (C=N–C) groups is 2. The lowest BCUT2D eigenvalue weighted by atomic mass is 9.82. The van der Waals surface area contributed by atoms with Gasteiger partial charge < -0.3 is 9.88 Å². The third-order valence-electron chi connectivity index (χ3n) is 13.7. The molecule has 5 heteroatoms. The fraction of sp³-hybridized carbons (Fsp3) is 0.0847. The Balaban J connectivity index is 0.960. The topological polar surface area (TPSA) is 44.9 Å². The van der Waals surface area contributed by atoms with Crippen molar-refractivity contribution in [1.82, 2.24) is 14.8 Å². The van der Waals surface area contributed by atoms with Crippen molar-refractivity contribution in [2.75, 3.05) is 0 Å². The molecule has 8 aromatic carbocycles. The lowest BCUT2D eigenvalue weighted by Crippen LogP contribution is -2.44. The molecule has 2 atom stereocenters. The second-order valence-electron chi connectivity index (χ2n) is 17.3. The molecule has 1 aromatic heterocycles. The molecule has 0 amide bonds. The van der Waals surface area contributed by atoms with Gasteiger partial charge in [0.1, 0.15) is 6.17 Å². The van der Waals surface area contributed by atoms with Crippen LogP contribution in [0.25, 0.3) is 66.6 Å². The van der Waals surface area contributed by atoms with Crippen molar-refractivity contribution in [1.29, 1.82) is 0 Å². The van der Waals surface area contributed by atoms with Gasteiger partial charge in [-0.3, -0.25) is 4.90 Å². The molecule has 0 saturated carbocycles. The normalized spacial score (nSPS) is 17.9. The van der Waals surface area contributed by atoms with E-state index < -0.39 is 0 Å². The van der Waals surface area contributed by atoms with Crippen LogP contribution in [-0.4, -0.2) is 21.3 Å². The van der Waals surface area contributed by atoms with Gasteiger partial charge in [0.2, 0.25) is 5.96 Å². The Morgan fingerprint density at radius 3 is 1.94 bits per heavy atom. The van der Waals surface area contributed by atoms with Crippen molar-refractivity contribution in [3.63, 3.8) is 0 Å². The third-order valence-corrected chi connectivity index (χ3v) is 13.7. The highest BCUT2D eigenvalue weighted by Gasteiger charge is 2.42. The predicted molar refractivity (Wildman–Crippen MR) is 265 cm³/mol. The van der Waals surface area contributed by atoms with Crippen LogP contribution in [-0.2, 0) is 6.42 Å². The molecule has 2 aliphatic carbocycles. The minimum absolute atomic E-state index is 0.176. The number of hydrogen-bond donors (Lipinski definition) is 1. The fourth-order valence-electron chi connectivity index (χ4n) is 10.6. The van der Waals surface area contributed by atoms with Crippen molar-refractivity contribution in [2.24, 2.45) is 15.9 Å². The van der Waals surface area contributed by atoms with Crippen LogP contribution in [0.3, 0.4) is 0 Å². The van der Waals surface area contributed by atoms with E-state index in [1.807, 2.05) is 0 Å². The van der Waals surface area contributed by atoms with E-state index in [9.17, 15) is 0 Å². The van der Waals surface area contributed by atoms with Gasteiger partial charge in [-0.05, 0) is 98.8 Å². The van der Waals surface area contributed by atoms with Crippen LogP contribution in [0.1, 0.15) is 41.3 Å². The summed E-state index contributed by atoms with van der Waals surface area (Å²) < 4.78 is 2.54. The van der Waals surface area contributed by atoms with Gasteiger partial charge in [-0.15, -0.1) is 0 Å². The molecule has 5 nitrogen and oxygen atoms in total. The first-order chi connectivity index (χ1) is 31.7. The monoisotopic (exact) mass is 821 g/mol. The zero-order valence-electron chi connectivity index (χ0n) is 35.2. The maximum Gasteiger partial charge on any atom is 0.211 e. The zero-order chi connectivity index (χ0) is 42.1. The van der Waals surface area contributed by atoms with E-state index in [2.05, 4.69) is 221 Å². The molecule has 9 aromatic rings. The summed E-state index contributed by atoms with van der Waals surface area (Å²) >= 11 is 0. The molecule has 3 heterocycles. The van der Waals surface area contributed by atoms with Crippen LogP contribution in [0.4, 0.5) is 0 Å². The first kappa shape index (κ1) is 36.6. The summed E-state index contributed by atoms with van der Waals surface area (Å²) in [5.41, 5.74) is 17.2. The van der Waals surface area contributed by atoms with Gasteiger partial charge in [-0.2, -0.15) is 4.99 Å². The Hall–Kier alpha value is -8.02. The molecule has 2 unspecified atom stereocenters. The molecule has 0 radical (unpaired) electrons. The molecule has 0 saturated heterocycles. The van der Waals surface area contributed by atoms with E-state index in [-0.39, 0.29) is 12.1 Å². The highest BCUT2D eigenvalue weighted by molar-refractivity contribution is 6.21. The summed E-state index contributed by atoms with van der Waals surface area (Å²) in [6.45, 7) is 0. The lowest BCUT2D eigenvalue weighted by molar-refractivity contribution is 0.526. The molecular formula is C59H43N5. The minimum Gasteiger partial charge on any atom is -0.330 e. The van der Waals surface area contributed by atoms with Crippen LogP contribution < -0.4 is 5.32 Å². The summed E-state index contributed by atoms with van der Waals surface area (Å²) in [5, 5.41) is 9.07. The van der Waals surface area contributed by atoms with E-state index in [0.29, 0.717) is 0 Å². The van der Waals surface area contributed by atoms with E-state index in [1.54, 1.807) is 0 Å². The summed E-state index contributed by atoms with van der Waals surface area (Å²) in [6, 6.07) is 69.9. The minimum atomic E-state index is -0.345. The summed E-state index contributed by atoms with van der Waals surface area (Å²) in [5.74, 6) is 1.71. The lowest BCUT2D eigenvalue weighted by Gasteiger charge is -2.33. The number of hydrogen-bond acceptors (Lipinski definition) is 4. The molecular weight excluding hydrogens is 779 g/mol. The number of nitrogens with one attached hydrogen (secondary N) is 1. The van der Waals surface area contributed by atoms with Gasteiger partial charge in [-0.1, -0.05) is 182 Å². The van der Waals surface area contributed by atoms with Crippen molar-refractivity contribution in [3.8, 4) is 22.3 Å². The Morgan fingerprint density at radius 2 is 1.16 bits per heavy atom. The van der Waals surface area contributed by atoms with Gasteiger partial charge >= 0.3 is 0 Å². The SMILES string of the molecule is C1=C2C(Cc3ccccc31)C1=C(CCC(n3c4ccccc4c4c5ccccc5ccc43)=C1)N2C1=NC(c2ccc(-c3ccccc3)cc2)=NC(c2ccc(-c3ccccc3)cc2)N1. The van der Waals surface area contributed by atoms with E-state index >= 15 is 0 Å². The third kappa shape index (κ3) is 5.99. The summed E-state index contributed by atoms with van der Waals surface area (Å²) in [6.07, 6.45) is 7.29. The Labute approximate surface area is 372 Å². The first-order valence-electron chi connectivity index (χ1n) is 22.4. The number of allylic oxidation sites excluding steroid dienone is 4. The van der Waals surface area contributed by atoms with Crippen LogP contribution in [0.5, 0.6) is 0 Å². The highest BCUT2D eigenvalue weighted by Crippen LogP contribution is 2.50. The number of benzene rings is 8. The van der Waals surface area contributed by atoms with Crippen LogP contribution >= 0.6 is 0 Å². The molecule has 2 aliphatic heterocycles. The number of rotatable bonds is 5. The number of guanidine groups is 1. The molecule has 0 fully saturated rings. The molecule has 0 spiro atoms. The molecule has 64 heavy (non-hydrogen) atoms. The van der Waals surface area contributed by atoms with Crippen LogP contribution in [0.2, 0.25) is 0 Å². The van der Waals surface area contributed by atoms with E-state index in [0.717, 1.165) is 42.2 Å². The van der Waals surface area contributed by atoms with E-state index in [1.165, 1.54) is 88.6 Å². The average molecular weight is 822 g/mol. The Bertz CT molecular complexity index is 3480. The number of aromatic nitrogens is 1. The van der Waals surface area contributed by atoms with Crippen molar-refractivity contribution in [2.45, 2.75) is 25.4 Å². The molecule has 4 aliphatic rings. The number of fused-ring (bicyclic) bond motifs is 8. The van der Waals surface area contributed by atoms with Gasteiger partial charge in [0.25, 0.3) is 0 Å². The fourth-order valence-corrected chi connectivity index (χ4v) is 10.6. The van der Waals surface area contributed by atoms with Gasteiger partial charge in [0.15, 0.2) is 5.84 Å². The van der Waals surface area contributed by atoms with Crippen molar-refractivity contribution in [3.05, 3.63) is 239 Å². The maximum atomic E-state index is 5.48. The smallest absolute Gasteiger partial charge is 0.211 e. The van der Waals surface area contributed by atoms with Crippen LogP contribution in [0.15, 0.2) is 227 Å². The highest BCUT2D eigenvalue weighted by atomic mass is 15.4. The zero-order valence-corrected chi connectivity index (χ0v) is 35.2. The molecule has 1 N–H and O–H groups in total. The number of para-hydroxylation sites is 1. The second kappa shape index (κ2) is 14.8. The van der Waals surface area contributed by atoms with Crippen molar-refractivity contribution < 1.29 is 0 Å². The van der Waals surface area contributed by atoms with Crippen LogP contribution in [0, 0.1) is 5.92 Å². The largest absolute Gasteiger partial charge is 0.330 e. The number of amidine groups is 1. The van der Waals surface area contributed by atoms with E-state index in [4.69, 9.17) is 9.98 Å². The predicted octanol–water partition coefficient (Wildman–Crippen LogP) is 13.8. The standard InChI is InChI=1S/C59H43N5/c1-3-13-38(14-4-1)40-23-27-43(28-24-40)57-60-58(44-29-25-41(26-30-44)39-15-5-2-6-16-39)62-59(61-57)64-53-34-32-47(37-51(53)50-35-45-18-7-8-19-46(45)36-55(50)64)63-52-22-12-11-21-49(52)56-48-20-10-9-17-42(48)31-33-54(56)63/h1-31,33,36-37,50,57H,32,34-35H2,(H,60,61,62). The molecule has 13 rings (SSSR count). The number of nitrogens with zero attached hydrogens (tertiary/aromatic N) is 4. The van der Waals surface area contributed by atoms with Gasteiger partial charge in [-0.25, -0.2) is 4.99 Å². The quantitative estimate of drug-likeness (QED) is 0.188. The van der Waals surface area contributed by atoms with Gasteiger partial charge in [0.05, 0.1) is 11.0 Å². The van der Waals surface area contributed by atoms with Crippen molar-refractivity contribution >= 4 is 56.1 Å². The summed E-state index contributed by atoms with van der Waals surface area (Å²) in [7, 11) is 0.